The minimum Gasteiger partial charge on any atom is -0.545 e. The summed E-state index contributed by atoms with van der Waals surface area (Å²) in [6, 6.07) is 0. The van der Waals surface area contributed by atoms with E-state index in [9.17, 15) is 9.90 Å². The fourth-order valence-electron chi connectivity index (χ4n) is 2.75. The molecule has 0 aliphatic carbocycles. The summed E-state index contributed by atoms with van der Waals surface area (Å²) in [5.74, 6) is -0.793. The van der Waals surface area contributed by atoms with Crippen LogP contribution in [0.25, 0.3) is 0 Å². The molecular weight excluding hydrogens is 190 g/mol. The summed E-state index contributed by atoms with van der Waals surface area (Å²) >= 11 is 0. The Balaban J connectivity index is 2.71. The highest BCUT2D eigenvalue weighted by molar-refractivity contribution is 5.77. The smallest absolute Gasteiger partial charge is 0.0639 e. The maximum atomic E-state index is 10.4. The van der Waals surface area contributed by atoms with Gasteiger partial charge < -0.3 is 15.2 Å². The molecule has 1 aliphatic rings. The van der Waals surface area contributed by atoms with Gasteiger partial charge in [-0.1, -0.05) is 6.08 Å². The fourth-order valence-corrected chi connectivity index (χ4v) is 2.75. The van der Waals surface area contributed by atoms with Gasteiger partial charge in [0.1, 0.15) is 0 Å². The molecule has 1 rings (SSSR count). The summed E-state index contributed by atoms with van der Waals surface area (Å²) < 4.78 is 0. The predicted molar refractivity (Wildman–Crippen MR) is 58.2 cm³/mol. The number of aliphatic carboxylic acids is 1. The van der Waals surface area contributed by atoms with E-state index in [0.717, 1.165) is 18.9 Å². The molecule has 0 spiro atoms. The van der Waals surface area contributed by atoms with E-state index in [2.05, 4.69) is 33.0 Å². The molecular formula is C12H20NO2-. The lowest BCUT2D eigenvalue weighted by Crippen LogP contribution is -2.57. The van der Waals surface area contributed by atoms with Gasteiger partial charge in [-0.3, -0.25) is 0 Å². The molecule has 15 heavy (non-hydrogen) atoms. The van der Waals surface area contributed by atoms with Crippen LogP contribution in [0.15, 0.2) is 12.2 Å². The molecule has 0 saturated carbocycles. The molecule has 86 valence electrons. The highest BCUT2D eigenvalue weighted by atomic mass is 16.4. The van der Waals surface area contributed by atoms with Gasteiger partial charge in [-0.15, -0.1) is 0 Å². The second-order valence-corrected chi connectivity index (χ2v) is 5.74. The van der Waals surface area contributed by atoms with Crippen LogP contribution in [0.1, 0.15) is 40.5 Å². The van der Waals surface area contributed by atoms with Gasteiger partial charge in [0.2, 0.25) is 0 Å². The number of carbonyl (C=O) groups excluding carboxylic acids is 1. The predicted octanol–water partition coefficient (Wildman–Crippen LogP) is 0.849. The third kappa shape index (κ3) is 4.04. The molecule has 0 unspecified atom stereocenters. The standard InChI is InChI=1S/C12H21NO2/c1-11(2)7-9(5-6-10(14)15)8-12(3,4)13-11/h5-6,9,13H,7-8H2,1-4H3,(H,14,15)/p-1/b6-5+. The number of hydrogen-bond donors (Lipinski definition) is 1. The van der Waals surface area contributed by atoms with Gasteiger partial charge >= 0.3 is 0 Å². The van der Waals surface area contributed by atoms with Gasteiger partial charge in [0.25, 0.3) is 0 Å². The normalized spacial score (nSPS) is 25.6. The molecule has 0 aromatic rings. The monoisotopic (exact) mass is 210 g/mol. The average molecular weight is 210 g/mol. The summed E-state index contributed by atoms with van der Waals surface area (Å²) in [6.45, 7) is 8.59. The molecule has 0 amide bonds. The summed E-state index contributed by atoms with van der Waals surface area (Å²) in [6.07, 6.45) is 4.84. The molecule has 3 heteroatoms. The Kier molecular flexibility index (Phi) is 3.24. The van der Waals surface area contributed by atoms with Crippen molar-refractivity contribution in [3.05, 3.63) is 12.2 Å². The van der Waals surface area contributed by atoms with Crippen molar-refractivity contribution < 1.29 is 9.90 Å². The minimum atomic E-state index is -1.11. The Morgan fingerprint density at radius 1 is 1.27 bits per heavy atom. The van der Waals surface area contributed by atoms with E-state index in [-0.39, 0.29) is 11.1 Å². The number of hydrogen-bond acceptors (Lipinski definition) is 3. The van der Waals surface area contributed by atoms with Crippen LogP contribution >= 0.6 is 0 Å². The van der Waals surface area contributed by atoms with Gasteiger partial charge in [-0.25, -0.2) is 0 Å². The van der Waals surface area contributed by atoms with Crippen molar-refractivity contribution in [1.82, 2.24) is 5.32 Å². The third-order valence-electron chi connectivity index (χ3n) is 2.73. The minimum absolute atomic E-state index is 0.0582. The summed E-state index contributed by atoms with van der Waals surface area (Å²) in [7, 11) is 0. The largest absolute Gasteiger partial charge is 0.545 e. The quantitative estimate of drug-likeness (QED) is 0.687. The topological polar surface area (TPSA) is 52.2 Å². The molecule has 0 atom stereocenters. The van der Waals surface area contributed by atoms with Crippen LogP contribution in [-0.4, -0.2) is 17.0 Å². The number of rotatable bonds is 2. The van der Waals surface area contributed by atoms with Gasteiger partial charge in [0.15, 0.2) is 0 Å². The van der Waals surface area contributed by atoms with E-state index in [4.69, 9.17) is 0 Å². The van der Waals surface area contributed by atoms with Crippen LogP contribution in [0, 0.1) is 5.92 Å². The summed E-state index contributed by atoms with van der Waals surface area (Å²) in [4.78, 5) is 10.4. The van der Waals surface area contributed by atoms with Crippen LogP contribution in [0.2, 0.25) is 0 Å². The van der Waals surface area contributed by atoms with E-state index in [1.165, 1.54) is 0 Å². The van der Waals surface area contributed by atoms with Gasteiger partial charge in [0.05, 0.1) is 5.97 Å². The average Bonchev–Trinajstić information content (AvgIpc) is 1.94. The van der Waals surface area contributed by atoms with E-state index >= 15 is 0 Å². The second-order valence-electron chi connectivity index (χ2n) is 5.74. The van der Waals surface area contributed by atoms with Crippen molar-refractivity contribution in [3.63, 3.8) is 0 Å². The number of carboxylic acid groups (broad SMARTS) is 1. The van der Waals surface area contributed by atoms with Gasteiger partial charge in [-0.05, 0) is 52.5 Å². The number of carboxylic acids is 1. The molecule has 1 N–H and O–H groups in total. The molecule has 0 radical (unpaired) electrons. The van der Waals surface area contributed by atoms with Crippen molar-refractivity contribution in [2.75, 3.05) is 0 Å². The summed E-state index contributed by atoms with van der Waals surface area (Å²) in [5, 5.41) is 13.9. The first-order valence-corrected chi connectivity index (χ1v) is 5.39. The highest BCUT2D eigenvalue weighted by Gasteiger charge is 2.36. The zero-order valence-electron chi connectivity index (χ0n) is 9.96. The SMILES string of the molecule is CC1(C)CC(/C=C/C(=O)[O-])CC(C)(C)N1. The van der Waals surface area contributed by atoms with E-state index in [1.807, 2.05) is 0 Å². The molecule has 1 heterocycles. The maximum Gasteiger partial charge on any atom is 0.0639 e. The van der Waals surface area contributed by atoms with Crippen LogP contribution in [-0.2, 0) is 4.79 Å². The van der Waals surface area contributed by atoms with Crippen molar-refractivity contribution in [1.29, 1.82) is 0 Å². The number of carbonyl (C=O) groups is 1. The first kappa shape index (κ1) is 12.2. The summed E-state index contributed by atoms with van der Waals surface area (Å²) in [5.41, 5.74) is 0.116. The molecule has 0 bridgehead atoms. The molecule has 0 aromatic carbocycles. The van der Waals surface area contributed by atoms with Gasteiger partial charge in [-0.2, -0.15) is 0 Å². The first-order chi connectivity index (χ1) is 6.70. The molecule has 3 nitrogen and oxygen atoms in total. The lowest BCUT2D eigenvalue weighted by Gasteiger charge is -2.45. The third-order valence-corrected chi connectivity index (χ3v) is 2.73. The maximum absolute atomic E-state index is 10.4. The molecule has 1 fully saturated rings. The zero-order chi connectivity index (χ0) is 11.7. The van der Waals surface area contributed by atoms with Crippen LogP contribution < -0.4 is 10.4 Å². The highest BCUT2D eigenvalue weighted by Crippen LogP contribution is 2.33. The van der Waals surface area contributed by atoms with Crippen molar-refractivity contribution >= 4 is 5.97 Å². The Morgan fingerprint density at radius 2 is 1.73 bits per heavy atom. The van der Waals surface area contributed by atoms with Crippen molar-refractivity contribution in [2.24, 2.45) is 5.92 Å². The number of nitrogens with one attached hydrogen (secondary N) is 1. The van der Waals surface area contributed by atoms with Crippen LogP contribution in [0.3, 0.4) is 0 Å². The van der Waals surface area contributed by atoms with Gasteiger partial charge in [0, 0.05) is 11.1 Å². The van der Waals surface area contributed by atoms with Crippen LogP contribution in [0.5, 0.6) is 0 Å². The van der Waals surface area contributed by atoms with E-state index < -0.39 is 5.97 Å². The Morgan fingerprint density at radius 3 is 2.13 bits per heavy atom. The molecule has 1 aliphatic heterocycles. The first-order valence-electron chi connectivity index (χ1n) is 5.39. The fraction of sp³-hybridized carbons (Fsp3) is 0.750. The zero-order valence-corrected chi connectivity index (χ0v) is 9.96. The Labute approximate surface area is 91.6 Å². The van der Waals surface area contributed by atoms with Crippen molar-refractivity contribution in [2.45, 2.75) is 51.6 Å². The molecule has 1 saturated heterocycles. The molecule has 0 aromatic heterocycles. The lowest BCUT2D eigenvalue weighted by molar-refractivity contribution is -0.297. The van der Waals surface area contributed by atoms with Crippen LogP contribution in [0.4, 0.5) is 0 Å². The second kappa shape index (κ2) is 3.97. The number of allylic oxidation sites excluding steroid dienone is 1. The van der Waals surface area contributed by atoms with Crippen molar-refractivity contribution in [3.8, 4) is 0 Å². The Hall–Kier alpha value is -0.830. The Bertz CT molecular complexity index is 263. The van der Waals surface area contributed by atoms with E-state index in [1.54, 1.807) is 6.08 Å². The lowest BCUT2D eigenvalue weighted by atomic mass is 9.76. The van der Waals surface area contributed by atoms with E-state index in [0.29, 0.717) is 5.92 Å². The number of piperidine rings is 1.